The van der Waals surface area contributed by atoms with Crippen molar-refractivity contribution in [2.75, 3.05) is 49.1 Å². The molecule has 0 bridgehead atoms. The van der Waals surface area contributed by atoms with E-state index in [1.165, 1.54) is 0 Å². The number of amides is 1. The van der Waals surface area contributed by atoms with Gasteiger partial charge in [0.2, 0.25) is 5.91 Å². The number of piperazine rings is 1. The van der Waals surface area contributed by atoms with E-state index in [1.807, 2.05) is 23.1 Å². The normalized spacial score (nSPS) is 25.9. The van der Waals surface area contributed by atoms with Gasteiger partial charge in [-0.2, -0.15) is 0 Å². The maximum atomic E-state index is 13.2. The standard InChI is InChI=1S/C20H30N4O3S/c25-20(15-22-10-12-23(13-11-22)19-7-3-4-9-21-19)24(17-5-1-2-6-17)18-8-14-28(26,27)16-18/h3-4,7,9,17-18H,1-2,5-6,8,10-16H2. The third-order valence-electron chi connectivity index (χ3n) is 6.31. The topological polar surface area (TPSA) is 73.8 Å². The predicted octanol–water partition coefficient (Wildman–Crippen LogP) is 1.16. The molecule has 154 valence electrons. The summed E-state index contributed by atoms with van der Waals surface area (Å²) in [4.78, 5) is 24.0. The average Bonchev–Trinajstić information content (AvgIpc) is 3.33. The molecule has 1 aromatic heterocycles. The van der Waals surface area contributed by atoms with Gasteiger partial charge in [0, 0.05) is 44.5 Å². The molecule has 0 radical (unpaired) electrons. The molecular weight excluding hydrogens is 376 g/mol. The molecule has 28 heavy (non-hydrogen) atoms. The van der Waals surface area contributed by atoms with Crippen molar-refractivity contribution in [2.45, 2.75) is 44.2 Å². The van der Waals surface area contributed by atoms with Crippen molar-refractivity contribution in [3.05, 3.63) is 24.4 Å². The first-order chi connectivity index (χ1) is 13.5. The Labute approximate surface area is 167 Å². The summed E-state index contributed by atoms with van der Waals surface area (Å²) >= 11 is 0. The molecule has 4 rings (SSSR count). The second kappa shape index (κ2) is 8.37. The number of rotatable bonds is 5. The number of carbonyl (C=O) groups is 1. The lowest BCUT2D eigenvalue weighted by Crippen LogP contribution is -2.54. The van der Waals surface area contributed by atoms with E-state index in [9.17, 15) is 13.2 Å². The molecule has 3 fully saturated rings. The Morgan fingerprint density at radius 2 is 1.82 bits per heavy atom. The van der Waals surface area contributed by atoms with Gasteiger partial charge in [0.15, 0.2) is 9.84 Å². The van der Waals surface area contributed by atoms with Crippen LogP contribution in [0.25, 0.3) is 0 Å². The van der Waals surface area contributed by atoms with Crippen LogP contribution in [0.4, 0.5) is 5.82 Å². The minimum absolute atomic E-state index is 0.111. The van der Waals surface area contributed by atoms with Crippen LogP contribution in [0.5, 0.6) is 0 Å². The zero-order chi connectivity index (χ0) is 19.6. The minimum atomic E-state index is -3.00. The quantitative estimate of drug-likeness (QED) is 0.731. The number of sulfone groups is 1. The summed E-state index contributed by atoms with van der Waals surface area (Å²) in [6, 6.07) is 6.02. The molecule has 3 heterocycles. The molecule has 1 unspecified atom stereocenters. The lowest BCUT2D eigenvalue weighted by molar-refractivity contribution is -0.137. The number of anilines is 1. The van der Waals surface area contributed by atoms with Gasteiger partial charge >= 0.3 is 0 Å². The maximum Gasteiger partial charge on any atom is 0.237 e. The molecule has 0 spiro atoms. The van der Waals surface area contributed by atoms with Crippen molar-refractivity contribution < 1.29 is 13.2 Å². The first-order valence-corrected chi connectivity index (χ1v) is 12.2. The molecule has 1 aliphatic carbocycles. The van der Waals surface area contributed by atoms with Gasteiger partial charge in [0.25, 0.3) is 0 Å². The van der Waals surface area contributed by atoms with E-state index in [2.05, 4.69) is 14.8 Å². The van der Waals surface area contributed by atoms with E-state index < -0.39 is 9.84 Å². The van der Waals surface area contributed by atoms with E-state index in [4.69, 9.17) is 0 Å². The SMILES string of the molecule is O=C(CN1CCN(c2ccccn2)CC1)N(C1CCCC1)C1CCS(=O)(=O)C1. The van der Waals surface area contributed by atoms with Gasteiger partial charge in [-0.15, -0.1) is 0 Å². The van der Waals surface area contributed by atoms with Gasteiger partial charge in [-0.25, -0.2) is 13.4 Å². The molecule has 3 aliphatic rings. The van der Waals surface area contributed by atoms with Crippen LogP contribution >= 0.6 is 0 Å². The van der Waals surface area contributed by atoms with Crippen molar-refractivity contribution in [2.24, 2.45) is 0 Å². The number of nitrogens with zero attached hydrogens (tertiary/aromatic N) is 4. The highest BCUT2D eigenvalue weighted by Crippen LogP contribution is 2.29. The molecule has 0 N–H and O–H groups in total. The Morgan fingerprint density at radius 1 is 1.07 bits per heavy atom. The molecule has 2 saturated heterocycles. The average molecular weight is 407 g/mol. The fourth-order valence-corrected chi connectivity index (χ4v) is 6.54. The number of hydrogen-bond donors (Lipinski definition) is 0. The molecule has 8 heteroatoms. The number of aromatic nitrogens is 1. The number of pyridine rings is 1. The number of carbonyl (C=O) groups excluding carboxylic acids is 1. The van der Waals surface area contributed by atoms with Gasteiger partial charge in [0.05, 0.1) is 18.1 Å². The van der Waals surface area contributed by atoms with Crippen LogP contribution in [-0.2, 0) is 14.6 Å². The van der Waals surface area contributed by atoms with Crippen molar-refractivity contribution in [1.29, 1.82) is 0 Å². The van der Waals surface area contributed by atoms with E-state index in [0.717, 1.165) is 57.7 Å². The Hall–Kier alpha value is -1.67. The fraction of sp³-hybridized carbons (Fsp3) is 0.700. The Balaban J connectivity index is 1.37. The Bertz CT molecular complexity index is 772. The molecule has 0 aromatic carbocycles. The summed E-state index contributed by atoms with van der Waals surface area (Å²) in [7, 11) is -3.00. The monoisotopic (exact) mass is 406 g/mol. The first kappa shape index (κ1) is 19.6. The fourth-order valence-electron chi connectivity index (χ4n) is 4.83. The van der Waals surface area contributed by atoms with Gasteiger partial charge in [-0.1, -0.05) is 18.9 Å². The molecule has 7 nitrogen and oxygen atoms in total. The third-order valence-corrected chi connectivity index (χ3v) is 8.06. The van der Waals surface area contributed by atoms with Crippen LogP contribution in [0.15, 0.2) is 24.4 Å². The van der Waals surface area contributed by atoms with E-state index in [-0.39, 0.29) is 29.5 Å². The Kier molecular flexibility index (Phi) is 5.87. The lowest BCUT2D eigenvalue weighted by Gasteiger charge is -2.38. The van der Waals surface area contributed by atoms with Gasteiger partial charge < -0.3 is 9.80 Å². The van der Waals surface area contributed by atoms with Crippen LogP contribution in [0.1, 0.15) is 32.1 Å². The largest absolute Gasteiger partial charge is 0.354 e. The minimum Gasteiger partial charge on any atom is -0.354 e. The second-order valence-corrected chi connectivity index (χ2v) is 10.5. The second-order valence-electron chi connectivity index (χ2n) is 8.25. The molecule has 1 amide bonds. The van der Waals surface area contributed by atoms with Gasteiger partial charge in [-0.05, 0) is 31.4 Å². The van der Waals surface area contributed by atoms with Crippen LogP contribution in [0.2, 0.25) is 0 Å². The highest BCUT2D eigenvalue weighted by molar-refractivity contribution is 7.91. The zero-order valence-corrected chi connectivity index (χ0v) is 17.2. The van der Waals surface area contributed by atoms with Crippen molar-refractivity contribution >= 4 is 21.6 Å². The van der Waals surface area contributed by atoms with E-state index >= 15 is 0 Å². The molecule has 1 aromatic rings. The first-order valence-electron chi connectivity index (χ1n) is 10.4. The van der Waals surface area contributed by atoms with Gasteiger partial charge in [-0.3, -0.25) is 9.69 Å². The predicted molar refractivity (Wildman–Crippen MR) is 109 cm³/mol. The highest BCUT2D eigenvalue weighted by Gasteiger charge is 2.39. The third kappa shape index (κ3) is 4.49. The lowest BCUT2D eigenvalue weighted by atomic mass is 10.1. The van der Waals surface area contributed by atoms with Crippen molar-refractivity contribution in [1.82, 2.24) is 14.8 Å². The van der Waals surface area contributed by atoms with Crippen LogP contribution < -0.4 is 4.90 Å². The summed E-state index contributed by atoms with van der Waals surface area (Å²) < 4.78 is 24.0. The van der Waals surface area contributed by atoms with Crippen LogP contribution in [0, 0.1) is 0 Å². The summed E-state index contributed by atoms with van der Waals surface area (Å²) in [6.45, 7) is 3.74. The molecule has 1 saturated carbocycles. The van der Waals surface area contributed by atoms with Crippen molar-refractivity contribution in [3.63, 3.8) is 0 Å². The zero-order valence-electron chi connectivity index (χ0n) is 16.4. The summed E-state index contributed by atoms with van der Waals surface area (Å²) in [5.74, 6) is 1.46. The highest BCUT2D eigenvalue weighted by atomic mass is 32.2. The van der Waals surface area contributed by atoms with Crippen molar-refractivity contribution in [3.8, 4) is 0 Å². The van der Waals surface area contributed by atoms with E-state index in [1.54, 1.807) is 6.20 Å². The smallest absolute Gasteiger partial charge is 0.237 e. The maximum absolute atomic E-state index is 13.2. The van der Waals surface area contributed by atoms with E-state index in [0.29, 0.717) is 13.0 Å². The molecular formula is C20H30N4O3S. The summed E-state index contributed by atoms with van der Waals surface area (Å²) in [6.07, 6.45) is 6.69. The number of hydrogen-bond acceptors (Lipinski definition) is 6. The van der Waals surface area contributed by atoms with Gasteiger partial charge in [0.1, 0.15) is 5.82 Å². The summed E-state index contributed by atoms with van der Waals surface area (Å²) in [5, 5.41) is 0. The van der Waals surface area contributed by atoms with Crippen LogP contribution in [-0.4, -0.2) is 85.4 Å². The summed E-state index contributed by atoms with van der Waals surface area (Å²) in [5.41, 5.74) is 0. The molecule has 1 atom stereocenters. The molecule has 2 aliphatic heterocycles. The van der Waals surface area contributed by atoms with Crippen LogP contribution in [0.3, 0.4) is 0 Å². The Morgan fingerprint density at radius 3 is 2.43 bits per heavy atom.